The van der Waals surface area contributed by atoms with Gasteiger partial charge in [0, 0.05) is 30.2 Å². The van der Waals surface area contributed by atoms with Gasteiger partial charge in [-0.15, -0.1) is 0 Å². The van der Waals surface area contributed by atoms with E-state index in [0.717, 1.165) is 10.2 Å². The van der Waals surface area contributed by atoms with Gasteiger partial charge in [-0.3, -0.25) is 4.79 Å². The Balaban J connectivity index is 2.47. The lowest BCUT2D eigenvalue weighted by Gasteiger charge is -2.07. The monoisotopic (exact) mass is 270 g/mol. The molecule has 1 rings (SSSR count). The van der Waals surface area contributed by atoms with Gasteiger partial charge in [0.2, 0.25) is 5.91 Å². The van der Waals surface area contributed by atoms with Crippen molar-refractivity contribution in [2.45, 2.75) is 13.3 Å². The third kappa shape index (κ3) is 4.34. The first-order valence-electron chi connectivity index (χ1n) is 4.83. The Morgan fingerprint density at radius 3 is 2.73 bits per heavy atom. The average molecular weight is 271 g/mol. The summed E-state index contributed by atoms with van der Waals surface area (Å²) in [6.07, 6.45) is 0.488. The van der Waals surface area contributed by atoms with Crippen LogP contribution in [0.5, 0.6) is 0 Å². The first kappa shape index (κ1) is 12.0. The summed E-state index contributed by atoms with van der Waals surface area (Å²) in [5, 5.41) is 5.79. The summed E-state index contributed by atoms with van der Waals surface area (Å²) in [7, 11) is 1.64. The maximum Gasteiger partial charge on any atom is 0.221 e. The standard InChI is InChI=1S/C11H15BrN2O/c1-8-5-9(12)7-10(6-8)14-4-3-11(15)13-2/h5-7,14H,3-4H2,1-2H3,(H,13,15). The zero-order chi connectivity index (χ0) is 11.3. The van der Waals surface area contributed by atoms with Crippen LogP contribution in [-0.2, 0) is 4.79 Å². The van der Waals surface area contributed by atoms with Gasteiger partial charge in [-0.2, -0.15) is 0 Å². The van der Waals surface area contributed by atoms with Crippen LogP contribution in [0.1, 0.15) is 12.0 Å². The largest absolute Gasteiger partial charge is 0.384 e. The van der Waals surface area contributed by atoms with Gasteiger partial charge in [0.1, 0.15) is 0 Å². The van der Waals surface area contributed by atoms with E-state index in [1.807, 2.05) is 19.1 Å². The molecule has 0 aromatic heterocycles. The van der Waals surface area contributed by atoms with Gasteiger partial charge in [0.15, 0.2) is 0 Å². The fourth-order valence-corrected chi connectivity index (χ4v) is 1.89. The Morgan fingerprint density at radius 1 is 1.40 bits per heavy atom. The summed E-state index contributed by atoms with van der Waals surface area (Å²) in [5.41, 5.74) is 2.22. The Labute approximate surface area is 98.4 Å². The predicted octanol–water partition coefficient (Wildman–Crippen LogP) is 2.31. The second-order valence-corrected chi connectivity index (χ2v) is 4.28. The minimum atomic E-state index is 0.0502. The highest BCUT2D eigenvalue weighted by Crippen LogP contribution is 2.18. The second-order valence-electron chi connectivity index (χ2n) is 3.37. The van der Waals surface area contributed by atoms with E-state index in [-0.39, 0.29) is 5.91 Å². The molecule has 0 heterocycles. The van der Waals surface area contributed by atoms with Crippen LogP contribution in [0.3, 0.4) is 0 Å². The van der Waals surface area contributed by atoms with Crippen molar-refractivity contribution in [1.82, 2.24) is 5.32 Å². The number of carbonyl (C=O) groups excluding carboxylic acids is 1. The fraction of sp³-hybridized carbons (Fsp3) is 0.364. The van der Waals surface area contributed by atoms with Crippen molar-refractivity contribution < 1.29 is 4.79 Å². The molecular formula is C11H15BrN2O. The third-order valence-electron chi connectivity index (χ3n) is 2.00. The van der Waals surface area contributed by atoms with Crippen LogP contribution in [0, 0.1) is 6.92 Å². The van der Waals surface area contributed by atoms with Crippen molar-refractivity contribution in [1.29, 1.82) is 0 Å². The van der Waals surface area contributed by atoms with Crippen LogP contribution in [0.2, 0.25) is 0 Å². The van der Waals surface area contributed by atoms with Crippen molar-refractivity contribution in [2.24, 2.45) is 0 Å². The van der Waals surface area contributed by atoms with Crippen molar-refractivity contribution in [3.05, 3.63) is 28.2 Å². The molecule has 0 aliphatic carbocycles. The van der Waals surface area contributed by atoms with E-state index in [2.05, 4.69) is 32.6 Å². The number of nitrogens with one attached hydrogen (secondary N) is 2. The summed E-state index contributed by atoms with van der Waals surface area (Å²) in [4.78, 5) is 11.0. The number of anilines is 1. The Bertz CT molecular complexity index is 332. The topological polar surface area (TPSA) is 41.1 Å². The van der Waals surface area contributed by atoms with Crippen molar-refractivity contribution in [2.75, 3.05) is 18.9 Å². The molecule has 82 valence electrons. The number of rotatable bonds is 4. The maximum atomic E-state index is 11.0. The molecule has 0 saturated heterocycles. The minimum Gasteiger partial charge on any atom is -0.384 e. The number of aryl methyl sites for hydroxylation is 1. The van der Waals surface area contributed by atoms with Crippen molar-refractivity contribution >= 4 is 27.5 Å². The van der Waals surface area contributed by atoms with Crippen LogP contribution < -0.4 is 10.6 Å². The van der Waals surface area contributed by atoms with Gasteiger partial charge in [-0.25, -0.2) is 0 Å². The average Bonchev–Trinajstić information content (AvgIpc) is 2.16. The van der Waals surface area contributed by atoms with Crippen LogP contribution >= 0.6 is 15.9 Å². The van der Waals surface area contributed by atoms with Crippen molar-refractivity contribution in [3.63, 3.8) is 0 Å². The molecule has 1 aromatic carbocycles. The number of hydrogen-bond donors (Lipinski definition) is 2. The molecule has 15 heavy (non-hydrogen) atoms. The number of carbonyl (C=O) groups is 1. The number of halogens is 1. The molecule has 0 atom stereocenters. The van der Waals surface area contributed by atoms with E-state index in [1.54, 1.807) is 7.05 Å². The highest BCUT2D eigenvalue weighted by Gasteiger charge is 1.99. The van der Waals surface area contributed by atoms with Gasteiger partial charge < -0.3 is 10.6 Å². The number of benzene rings is 1. The second kappa shape index (κ2) is 5.75. The van der Waals surface area contributed by atoms with E-state index < -0.39 is 0 Å². The van der Waals surface area contributed by atoms with Gasteiger partial charge in [0.25, 0.3) is 0 Å². The summed E-state index contributed by atoms with van der Waals surface area (Å²) in [6.45, 7) is 2.68. The van der Waals surface area contributed by atoms with E-state index in [0.29, 0.717) is 13.0 Å². The summed E-state index contributed by atoms with van der Waals surface area (Å²) in [5.74, 6) is 0.0502. The molecular weight excluding hydrogens is 256 g/mol. The maximum absolute atomic E-state index is 11.0. The number of amides is 1. The van der Waals surface area contributed by atoms with Crippen LogP contribution in [0.4, 0.5) is 5.69 Å². The molecule has 0 bridgehead atoms. The molecule has 0 fully saturated rings. The molecule has 0 aliphatic heterocycles. The lowest BCUT2D eigenvalue weighted by atomic mass is 10.2. The van der Waals surface area contributed by atoms with Gasteiger partial charge in [-0.1, -0.05) is 15.9 Å². The summed E-state index contributed by atoms with van der Waals surface area (Å²) < 4.78 is 1.05. The van der Waals surface area contributed by atoms with E-state index in [1.165, 1.54) is 5.56 Å². The lowest BCUT2D eigenvalue weighted by Crippen LogP contribution is -2.20. The fourth-order valence-electron chi connectivity index (χ4n) is 1.28. The van der Waals surface area contributed by atoms with Crippen LogP contribution in [0.25, 0.3) is 0 Å². The third-order valence-corrected chi connectivity index (χ3v) is 2.46. The Hall–Kier alpha value is -1.03. The van der Waals surface area contributed by atoms with Gasteiger partial charge >= 0.3 is 0 Å². The molecule has 0 aliphatic rings. The van der Waals surface area contributed by atoms with Crippen molar-refractivity contribution in [3.8, 4) is 0 Å². The first-order chi connectivity index (χ1) is 7.11. The molecule has 0 radical (unpaired) electrons. The van der Waals surface area contributed by atoms with E-state index in [9.17, 15) is 4.79 Å². The molecule has 2 N–H and O–H groups in total. The van der Waals surface area contributed by atoms with Crippen LogP contribution in [-0.4, -0.2) is 19.5 Å². The normalized spacial score (nSPS) is 9.80. The van der Waals surface area contributed by atoms with E-state index >= 15 is 0 Å². The molecule has 3 nitrogen and oxygen atoms in total. The zero-order valence-electron chi connectivity index (χ0n) is 8.93. The molecule has 1 amide bonds. The minimum absolute atomic E-state index is 0.0502. The summed E-state index contributed by atoms with van der Waals surface area (Å²) in [6, 6.07) is 6.09. The highest BCUT2D eigenvalue weighted by atomic mass is 79.9. The van der Waals surface area contributed by atoms with Crippen LogP contribution in [0.15, 0.2) is 22.7 Å². The molecule has 1 aromatic rings. The molecule has 0 saturated carbocycles. The Kier molecular flexibility index (Phi) is 4.62. The first-order valence-corrected chi connectivity index (χ1v) is 5.63. The number of hydrogen-bond acceptors (Lipinski definition) is 2. The predicted molar refractivity (Wildman–Crippen MR) is 66.1 cm³/mol. The molecule has 0 spiro atoms. The lowest BCUT2D eigenvalue weighted by molar-refractivity contribution is -0.120. The highest BCUT2D eigenvalue weighted by molar-refractivity contribution is 9.10. The SMILES string of the molecule is CNC(=O)CCNc1cc(C)cc(Br)c1. The van der Waals surface area contributed by atoms with Gasteiger partial charge in [-0.05, 0) is 30.7 Å². The molecule has 4 heteroatoms. The summed E-state index contributed by atoms with van der Waals surface area (Å²) >= 11 is 3.43. The quantitative estimate of drug-likeness (QED) is 0.882. The van der Waals surface area contributed by atoms with E-state index in [4.69, 9.17) is 0 Å². The Morgan fingerprint density at radius 2 is 2.13 bits per heavy atom. The zero-order valence-corrected chi connectivity index (χ0v) is 10.5. The molecule has 0 unspecified atom stereocenters. The van der Waals surface area contributed by atoms with Gasteiger partial charge in [0.05, 0.1) is 0 Å². The smallest absolute Gasteiger partial charge is 0.221 e.